The first-order chi connectivity index (χ1) is 10.9. The summed E-state index contributed by atoms with van der Waals surface area (Å²) in [6.45, 7) is 9.58. The van der Waals surface area contributed by atoms with Gasteiger partial charge in [0.05, 0.1) is 0 Å². The van der Waals surface area contributed by atoms with Crippen LogP contribution in [0.5, 0.6) is 0 Å². The van der Waals surface area contributed by atoms with E-state index in [4.69, 9.17) is 29.6 Å². The van der Waals surface area contributed by atoms with Crippen molar-refractivity contribution in [2.75, 3.05) is 0 Å². The summed E-state index contributed by atoms with van der Waals surface area (Å²) in [6, 6.07) is 9.03. The van der Waals surface area contributed by atoms with Crippen LogP contribution in [0.15, 0.2) is 30.3 Å². The van der Waals surface area contributed by atoms with E-state index in [0.29, 0.717) is 22.0 Å². The van der Waals surface area contributed by atoms with Crippen LogP contribution in [-0.4, -0.2) is 0 Å². The summed E-state index contributed by atoms with van der Waals surface area (Å²) in [5.41, 5.74) is 3.21. The number of aryl methyl sites for hydroxylation is 2. The Kier molecular flexibility index (Phi) is 10.4. The molecule has 0 N–H and O–H groups in total. The van der Waals surface area contributed by atoms with E-state index in [1.54, 1.807) is 25.1 Å². The van der Waals surface area contributed by atoms with Crippen molar-refractivity contribution >= 4 is 23.2 Å². The second-order valence-corrected chi connectivity index (χ2v) is 5.50. The highest BCUT2D eigenvalue weighted by Crippen LogP contribution is 2.21. The Morgan fingerprint density at radius 2 is 1.70 bits per heavy atom. The number of halogens is 3. The molecule has 3 heteroatoms. The summed E-state index contributed by atoms with van der Waals surface area (Å²) < 4.78 is 13.2. The van der Waals surface area contributed by atoms with E-state index in [2.05, 4.69) is 5.92 Å². The van der Waals surface area contributed by atoms with Gasteiger partial charge >= 0.3 is 0 Å². The van der Waals surface area contributed by atoms with Crippen LogP contribution in [0.1, 0.15) is 43.0 Å². The molecule has 0 saturated carbocycles. The molecule has 0 aliphatic carbocycles. The molecule has 0 aliphatic heterocycles. The third-order valence-corrected chi connectivity index (χ3v) is 3.62. The van der Waals surface area contributed by atoms with E-state index in [-0.39, 0.29) is 5.82 Å². The molecule has 0 saturated heterocycles. The zero-order valence-corrected chi connectivity index (χ0v) is 15.8. The lowest BCUT2D eigenvalue weighted by molar-refractivity contribution is 0.603. The van der Waals surface area contributed by atoms with Crippen LogP contribution in [0.4, 0.5) is 4.39 Å². The first-order valence-electron chi connectivity index (χ1n) is 7.56. The minimum absolute atomic E-state index is 0.167. The van der Waals surface area contributed by atoms with Crippen LogP contribution >= 0.6 is 23.2 Å². The maximum atomic E-state index is 13.2. The lowest BCUT2D eigenvalue weighted by Crippen LogP contribution is -1.91. The number of benzene rings is 2. The van der Waals surface area contributed by atoms with E-state index in [0.717, 1.165) is 16.7 Å². The maximum Gasteiger partial charge on any atom is 0.130 e. The molecule has 2 aromatic carbocycles. The van der Waals surface area contributed by atoms with Crippen molar-refractivity contribution in [2.24, 2.45) is 0 Å². The molecule has 0 radical (unpaired) electrons. The fraction of sp³-hybridized carbons (Fsp3) is 0.300. The van der Waals surface area contributed by atoms with Gasteiger partial charge in [-0.25, -0.2) is 4.39 Å². The van der Waals surface area contributed by atoms with E-state index in [1.807, 2.05) is 39.8 Å². The highest BCUT2D eigenvalue weighted by atomic mass is 35.5. The van der Waals surface area contributed by atoms with Crippen molar-refractivity contribution in [2.45, 2.75) is 41.0 Å². The number of hydrogen-bond acceptors (Lipinski definition) is 0. The van der Waals surface area contributed by atoms with Gasteiger partial charge in [-0.05, 0) is 55.7 Å². The zero-order chi connectivity index (χ0) is 18.0. The van der Waals surface area contributed by atoms with Crippen LogP contribution < -0.4 is 0 Å². The zero-order valence-electron chi connectivity index (χ0n) is 14.3. The van der Waals surface area contributed by atoms with Crippen molar-refractivity contribution in [1.82, 2.24) is 0 Å². The van der Waals surface area contributed by atoms with Crippen LogP contribution in [0.3, 0.4) is 0 Å². The Hall–Kier alpha value is -1.49. The average Bonchev–Trinajstić information content (AvgIpc) is 2.54. The standard InChI is InChI=1S/C9H10ClF.C9H7Cl.C2H6/c1-3-7-4-5-8(10)6(2)9(7)11;1-3-8-4-7(2)5-9(10)6-8;1-2/h4-5H,3H2,1-2H3;1,4-6H,2H3;1-2H3. The summed E-state index contributed by atoms with van der Waals surface area (Å²) >= 11 is 11.4. The van der Waals surface area contributed by atoms with Crippen LogP contribution in [0.2, 0.25) is 10.0 Å². The summed E-state index contributed by atoms with van der Waals surface area (Å²) in [5, 5.41) is 1.20. The Labute approximate surface area is 149 Å². The van der Waals surface area contributed by atoms with Gasteiger partial charge in [0.2, 0.25) is 0 Å². The normalized spacial score (nSPS) is 9.00. The predicted molar refractivity (Wildman–Crippen MR) is 101 cm³/mol. The van der Waals surface area contributed by atoms with Gasteiger partial charge in [-0.2, -0.15) is 0 Å². The van der Waals surface area contributed by atoms with E-state index < -0.39 is 0 Å². The molecule has 23 heavy (non-hydrogen) atoms. The molecule has 0 aliphatic rings. The van der Waals surface area contributed by atoms with Crippen molar-refractivity contribution in [3.8, 4) is 12.3 Å². The number of terminal acetylenes is 1. The molecule has 124 valence electrons. The first-order valence-corrected chi connectivity index (χ1v) is 8.31. The molecule has 2 rings (SSSR count). The van der Waals surface area contributed by atoms with Gasteiger partial charge in [0.25, 0.3) is 0 Å². The molecule has 0 bridgehead atoms. The maximum absolute atomic E-state index is 13.2. The fourth-order valence-electron chi connectivity index (χ4n) is 1.81. The monoisotopic (exact) mass is 352 g/mol. The molecule has 0 fully saturated rings. The predicted octanol–water partition coefficient (Wildman–Crippen LogP) is 7.01. The Balaban J connectivity index is 0.000000381. The average molecular weight is 353 g/mol. The minimum atomic E-state index is -0.167. The van der Waals surface area contributed by atoms with E-state index in [1.165, 1.54) is 0 Å². The summed E-state index contributed by atoms with van der Waals surface area (Å²) in [7, 11) is 0. The van der Waals surface area contributed by atoms with Crippen LogP contribution in [0, 0.1) is 32.0 Å². The highest BCUT2D eigenvalue weighted by molar-refractivity contribution is 6.31. The van der Waals surface area contributed by atoms with Gasteiger partial charge in [-0.1, -0.05) is 56.0 Å². The Morgan fingerprint density at radius 3 is 2.17 bits per heavy atom. The molecular formula is C20H23Cl2F. The lowest BCUT2D eigenvalue weighted by Gasteiger charge is -2.03. The smallest absolute Gasteiger partial charge is 0.130 e. The summed E-state index contributed by atoms with van der Waals surface area (Å²) in [4.78, 5) is 0. The third kappa shape index (κ3) is 7.08. The molecule has 0 atom stereocenters. The number of hydrogen-bond donors (Lipinski definition) is 0. The lowest BCUT2D eigenvalue weighted by atomic mass is 10.1. The Morgan fingerprint density at radius 1 is 1.09 bits per heavy atom. The summed E-state index contributed by atoms with van der Waals surface area (Å²) in [6.07, 6.45) is 5.89. The molecule has 2 aromatic rings. The molecule has 0 unspecified atom stereocenters. The minimum Gasteiger partial charge on any atom is -0.206 e. The van der Waals surface area contributed by atoms with Crippen LogP contribution in [-0.2, 0) is 6.42 Å². The van der Waals surface area contributed by atoms with Gasteiger partial charge in [-0.3, -0.25) is 0 Å². The van der Waals surface area contributed by atoms with E-state index in [9.17, 15) is 4.39 Å². The molecule has 0 spiro atoms. The topological polar surface area (TPSA) is 0 Å². The molecule has 0 nitrogen and oxygen atoms in total. The van der Waals surface area contributed by atoms with Crippen LogP contribution in [0.25, 0.3) is 0 Å². The summed E-state index contributed by atoms with van der Waals surface area (Å²) in [5.74, 6) is 2.36. The second-order valence-electron chi connectivity index (χ2n) is 4.66. The van der Waals surface area contributed by atoms with Crippen molar-refractivity contribution in [3.05, 3.63) is 68.4 Å². The van der Waals surface area contributed by atoms with Gasteiger partial charge in [0, 0.05) is 21.2 Å². The largest absolute Gasteiger partial charge is 0.206 e. The molecular weight excluding hydrogens is 330 g/mol. The van der Waals surface area contributed by atoms with E-state index >= 15 is 0 Å². The molecule has 0 amide bonds. The van der Waals surface area contributed by atoms with Crippen molar-refractivity contribution in [1.29, 1.82) is 0 Å². The van der Waals surface area contributed by atoms with Crippen molar-refractivity contribution in [3.63, 3.8) is 0 Å². The fourth-order valence-corrected chi connectivity index (χ4v) is 2.25. The quantitative estimate of drug-likeness (QED) is 0.484. The van der Waals surface area contributed by atoms with Crippen molar-refractivity contribution < 1.29 is 4.39 Å². The number of rotatable bonds is 1. The second kappa shape index (κ2) is 11.1. The third-order valence-electron chi connectivity index (χ3n) is 2.99. The highest BCUT2D eigenvalue weighted by Gasteiger charge is 2.05. The first kappa shape index (κ1) is 21.5. The van der Waals surface area contributed by atoms with Gasteiger partial charge in [-0.15, -0.1) is 6.42 Å². The van der Waals surface area contributed by atoms with Gasteiger partial charge in [0.1, 0.15) is 5.82 Å². The molecule has 0 heterocycles. The molecule has 0 aromatic heterocycles. The Bertz CT molecular complexity index is 650. The SMILES string of the molecule is C#Cc1cc(C)cc(Cl)c1.CC.CCc1ccc(Cl)c(C)c1F. The van der Waals surface area contributed by atoms with Gasteiger partial charge < -0.3 is 0 Å². The van der Waals surface area contributed by atoms with Gasteiger partial charge in [0.15, 0.2) is 0 Å².